The summed E-state index contributed by atoms with van der Waals surface area (Å²) < 4.78 is 26.1. The average molecular weight is 270 g/mol. The molecule has 0 heterocycles. The van der Waals surface area contributed by atoms with Gasteiger partial charge in [0.05, 0.1) is 0 Å². The summed E-state index contributed by atoms with van der Waals surface area (Å²) >= 11 is 0. The number of rotatable bonds is 6. The maximum atomic E-state index is 13.2. The minimum atomic E-state index is -0.817. The number of benzene rings is 1. The molecule has 0 saturated carbocycles. The van der Waals surface area contributed by atoms with E-state index in [-0.39, 0.29) is 11.6 Å². The highest BCUT2D eigenvalue weighted by Gasteiger charge is 2.35. The monoisotopic (exact) mass is 270 g/mol. The van der Waals surface area contributed by atoms with Crippen LogP contribution in [0.4, 0.5) is 8.78 Å². The van der Waals surface area contributed by atoms with E-state index in [0.717, 1.165) is 24.5 Å². The van der Waals surface area contributed by atoms with Crippen LogP contribution in [0.3, 0.4) is 0 Å². The number of hydrogen-bond acceptors (Lipinski definition) is 2. The quantitative estimate of drug-likeness (QED) is 0.861. The first-order valence-electron chi connectivity index (χ1n) is 6.74. The topological polar surface area (TPSA) is 29.3 Å². The van der Waals surface area contributed by atoms with Gasteiger partial charge in [0.15, 0.2) is 11.6 Å². The molecule has 2 N–H and O–H groups in total. The molecule has 0 aromatic heterocycles. The second kappa shape index (κ2) is 6.44. The highest BCUT2D eigenvalue weighted by Crippen LogP contribution is 2.27. The van der Waals surface area contributed by atoms with Gasteiger partial charge < -0.3 is 10.6 Å². The standard InChI is InChI=1S/C15H24F2N2/c1-5-15(6-2,19(3)4)14(18)10-11-7-8-12(16)13(17)9-11/h7-9,14H,5-6,10,18H2,1-4H3. The van der Waals surface area contributed by atoms with Crippen molar-refractivity contribution in [2.75, 3.05) is 14.1 Å². The fourth-order valence-corrected chi connectivity index (χ4v) is 2.85. The van der Waals surface area contributed by atoms with Crippen molar-refractivity contribution in [1.29, 1.82) is 0 Å². The van der Waals surface area contributed by atoms with Crippen LogP contribution in [0.5, 0.6) is 0 Å². The Labute approximate surface area is 114 Å². The number of nitrogens with two attached hydrogens (primary N) is 1. The van der Waals surface area contributed by atoms with Gasteiger partial charge >= 0.3 is 0 Å². The molecule has 108 valence electrons. The Bertz CT molecular complexity index is 415. The third-order valence-corrected chi connectivity index (χ3v) is 4.24. The molecular weight excluding hydrogens is 246 g/mol. The lowest BCUT2D eigenvalue weighted by Crippen LogP contribution is -2.57. The molecule has 19 heavy (non-hydrogen) atoms. The van der Waals surface area contributed by atoms with Crippen LogP contribution in [0.25, 0.3) is 0 Å². The predicted octanol–water partition coefficient (Wildman–Crippen LogP) is 2.96. The Morgan fingerprint density at radius 1 is 1.16 bits per heavy atom. The van der Waals surface area contributed by atoms with Crippen LogP contribution >= 0.6 is 0 Å². The van der Waals surface area contributed by atoms with E-state index in [0.29, 0.717) is 6.42 Å². The Hall–Kier alpha value is -1.00. The minimum absolute atomic E-state index is 0.120. The summed E-state index contributed by atoms with van der Waals surface area (Å²) in [7, 11) is 4.02. The van der Waals surface area contributed by atoms with Crippen LogP contribution in [-0.4, -0.2) is 30.6 Å². The van der Waals surface area contributed by atoms with E-state index < -0.39 is 11.6 Å². The van der Waals surface area contributed by atoms with E-state index in [1.807, 2.05) is 14.1 Å². The fourth-order valence-electron chi connectivity index (χ4n) is 2.85. The molecule has 1 aromatic rings. The highest BCUT2D eigenvalue weighted by atomic mass is 19.2. The molecule has 0 bridgehead atoms. The van der Waals surface area contributed by atoms with Crippen molar-refractivity contribution >= 4 is 0 Å². The summed E-state index contributed by atoms with van der Waals surface area (Å²) in [5.74, 6) is -1.63. The molecule has 1 aromatic carbocycles. The van der Waals surface area contributed by atoms with Crippen molar-refractivity contribution < 1.29 is 8.78 Å². The van der Waals surface area contributed by atoms with Gasteiger partial charge in [0.25, 0.3) is 0 Å². The van der Waals surface area contributed by atoms with Crippen molar-refractivity contribution in [1.82, 2.24) is 4.90 Å². The first kappa shape index (κ1) is 16.1. The minimum Gasteiger partial charge on any atom is -0.326 e. The molecule has 0 saturated heterocycles. The van der Waals surface area contributed by atoms with Crippen LogP contribution in [0.15, 0.2) is 18.2 Å². The summed E-state index contributed by atoms with van der Waals surface area (Å²) in [6, 6.07) is 3.87. The van der Waals surface area contributed by atoms with E-state index in [1.165, 1.54) is 6.07 Å². The lowest BCUT2D eigenvalue weighted by Gasteiger charge is -2.43. The molecule has 0 aliphatic carbocycles. The maximum absolute atomic E-state index is 13.2. The normalized spacial score (nSPS) is 13.9. The van der Waals surface area contributed by atoms with Crippen molar-refractivity contribution in [2.45, 2.75) is 44.7 Å². The summed E-state index contributed by atoms with van der Waals surface area (Å²) in [6.45, 7) is 4.21. The van der Waals surface area contributed by atoms with E-state index in [1.54, 1.807) is 6.07 Å². The number of hydrogen-bond donors (Lipinski definition) is 1. The Kier molecular flexibility index (Phi) is 5.44. The average Bonchev–Trinajstić information content (AvgIpc) is 2.35. The van der Waals surface area contributed by atoms with Crippen LogP contribution in [-0.2, 0) is 6.42 Å². The van der Waals surface area contributed by atoms with Crippen LogP contribution in [0, 0.1) is 11.6 Å². The zero-order valence-electron chi connectivity index (χ0n) is 12.2. The van der Waals surface area contributed by atoms with Crippen molar-refractivity contribution in [3.05, 3.63) is 35.4 Å². The highest BCUT2D eigenvalue weighted by molar-refractivity contribution is 5.20. The smallest absolute Gasteiger partial charge is 0.159 e. The lowest BCUT2D eigenvalue weighted by molar-refractivity contribution is 0.105. The SMILES string of the molecule is CCC(CC)(C(N)Cc1ccc(F)c(F)c1)N(C)C. The molecule has 0 fully saturated rings. The third kappa shape index (κ3) is 3.31. The van der Waals surface area contributed by atoms with Crippen LogP contribution < -0.4 is 5.73 Å². The number of likely N-dealkylation sites (N-methyl/N-ethyl adjacent to an activating group) is 1. The van der Waals surface area contributed by atoms with Gasteiger partial charge in [0.1, 0.15) is 0 Å². The molecule has 0 aliphatic heterocycles. The van der Waals surface area contributed by atoms with Gasteiger partial charge in [-0.05, 0) is 51.1 Å². The van der Waals surface area contributed by atoms with Gasteiger partial charge in [-0.25, -0.2) is 8.78 Å². The first-order chi connectivity index (χ1) is 8.87. The number of halogens is 2. The van der Waals surface area contributed by atoms with E-state index in [2.05, 4.69) is 18.7 Å². The molecule has 0 amide bonds. The zero-order chi connectivity index (χ0) is 14.6. The molecular formula is C15H24F2N2. The first-order valence-corrected chi connectivity index (χ1v) is 6.74. The Balaban J connectivity index is 2.93. The van der Waals surface area contributed by atoms with Crippen molar-refractivity contribution in [3.8, 4) is 0 Å². The van der Waals surface area contributed by atoms with Gasteiger partial charge in [0.2, 0.25) is 0 Å². The van der Waals surface area contributed by atoms with E-state index in [9.17, 15) is 8.78 Å². The predicted molar refractivity (Wildman–Crippen MR) is 75.0 cm³/mol. The molecule has 4 heteroatoms. The third-order valence-electron chi connectivity index (χ3n) is 4.24. The molecule has 0 spiro atoms. The van der Waals surface area contributed by atoms with Crippen LogP contribution in [0.2, 0.25) is 0 Å². The van der Waals surface area contributed by atoms with Gasteiger partial charge in [-0.3, -0.25) is 0 Å². The molecule has 1 unspecified atom stereocenters. The van der Waals surface area contributed by atoms with Crippen molar-refractivity contribution in [3.63, 3.8) is 0 Å². The maximum Gasteiger partial charge on any atom is 0.159 e. The Morgan fingerprint density at radius 2 is 1.74 bits per heavy atom. The molecule has 2 nitrogen and oxygen atoms in total. The molecule has 1 atom stereocenters. The number of nitrogens with zero attached hydrogens (tertiary/aromatic N) is 1. The summed E-state index contributed by atoms with van der Waals surface area (Å²) in [6.07, 6.45) is 2.37. The fraction of sp³-hybridized carbons (Fsp3) is 0.600. The van der Waals surface area contributed by atoms with E-state index in [4.69, 9.17) is 5.73 Å². The van der Waals surface area contributed by atoms with Crippen molar-refractivity contribution in [2.24, 2.45) is 5.73 Å². The van der Waals surface area contributed by atoms with Gasteiger partial charge in [-0.2, -0.15) is 0 Å². The molecule has 0 aliphatic rings. The van der Waals surface area contributed by atoms with Gasteiger partial charge in [0, 0.05) is 11.6 Å². The van der Waals surface area contributed by atoms with Gasteiger partial charge in [-0.1, -0.05) is 19.9 Å². The molecule has 0 radical (unpaired) electrons. The van der Waals surface area contributed by atoms with E-state index >= 15 is 0 Å². The Morgan fingerprint density at radius 3 is 2.16 bits per heavy atom. The summed E-state index contributed by atoms with van der Waals surface area (Å²) in [5, 5.41) is 0. The summed E-state index contributed by atoms with van der Waals surface area (Å²) in [4.78, 5) is 2.14. The second-order valence-electron chi connectivity index (χ2n) is 5.26. The molecule has 1 rings (SSSR count). The van der Waals surface area contributed by atoms with Gasteiger partial charge in [-0.15, -0.1) is 0 Å². The summed E-state index contributed by atoms with van der Waals surface area (Å²) in [5.41, 5.74) is 6.95. The lowest BCUT2D eigenvalue weighted by atomic mass is 9.81. The second-order valence-corrected chi connectivity index (χ2v) is 5.26. The largest absolute Gasteiger partial charge is 0.326 e. The zero-order valence-corrected chi connectivity index (χ0v) is 12.2. The van der Waals surface area contributed by atoms with Crippen LogP contribution in [0.1, 0.15) is 32.3 Å².